The Morgan fingerprint density at radius 1 is 1.45 bits per heavy atom. The van der Waals surface area contributed by atoms with Crippen LogP contribution in [-0.4, -0.2) is 36.0 Å². The van der Waals surface area contributed by atoms with E-state index in [0.29, 0.717) is 6.42 Å². The fourth-order valence-corrected chi connectivity index (χ4v) is 2.94. The molecule has 4 heteroatoms. The van der Waals surface area contributed by atoms with Crippen molar-refractivity contribution in [2.45, 2.75) is 32.7 Å². The Hall–Kier alpha value is -1.06. The van der Waals surface area contributed by atoms with Gasteiger partial charge in [0, 0.05) is 36.1 Å². The lowest BCUT2D eigenvalue weighted by Crippen LogP contribution is -2.59. The SMILES string of the molecule is CC(Cc1ccccc1Cl)C(=O)N1CCNC(C)(C)C1. The van der Waals surface area contributed by atoms with Crippen molar-refractivity contribution in [1.82, 2.24) is 10.2 Å². The zero-order valence-electron chi connectivity index (χ0n) is 12.4. The molecule has 1 aromatic rings. The molecule has 1 heterocycles. The highest BCUT2D eigenvalue weighted by molar-refractivity contribution is 6.31. The van der Waals surface area contributed by atoms with Gasteiger partial charge in [-0.1, -0.05) is 36.7 Å². The highest BCUT2D eigenvalue weighted by Gasteiger charge is 2.30. The first-order chi connectivity index (χ1) is 9.39. The molecule has 20 heavy (non-hydrogen) atoms. The zero-order valence-corrected chi connectivity index (χ0v) is 13.2. The number of amides is 1. The van der Waals surface area contributed by atoms with E-state index < -0.39 is 0 Å². The highest BCUT2D eigenvalue weighted by Crippen LogP contribution is 2.21. The first-order valence-electron chi connectivity index (χ1n) is 7.16. The smallest absolute Gasteiger partial charge is 0.225 e. The van der Waals surface area contributed by atoms with Crippen molar-refractivity contribution < 1.29 is 4.79 Å². The fourth-order valence-electron chi connectivity index (χ4n) is 2.72. The molecule has 0 radical (unpaired) electrons. The average molecular weight is 295 g/mol. The summed E-state index contributed by atoms with van der Waals surface area (Å²) in [5.74, 6) is 0.184. The van der Waals surface area contributed by atoms with Crippen molar-refractivity contribution in [3.05, 3.63) is 34.9 Å². The molecule has 0 aliphatic carbocycles. The Labute approximate surface area is 126 Å². The van der Waals surface area contributed by atoms with Crippen LogP contribution in [0, 0.1) is 5.92 Å². The van der Waals surface area contributed by atoms with Crippen LogP contribution in [0.4, 0.5) is 0 Å². The minimum absolute atomic E-state index is 0.00196. The number of rotatable bonds is 3. The first kappa shape index (κ1) is 15.3. The second-order valence-corrected chi connectivity index (χ2v) is 6.67. The van der Waals surface area contributed by atoms with Crippen LogP contribution in [0.5, 0.6) is 0 Å². The lowest BCUT2D eigenvalue weighted by Gasteiger charge is -2.40. The largest absolute Gasteiger partial charge is 0.339 e. The van der Waals surface area contributed by atoms with E-state index >= 15 is 0 Å². The fraction of sp³-hybridized carbons (Fsp3) is 0.562. The Morgan fingerprint density at radius 2 is 2.15 bits per heavy atom. The molecule has 110 valence electrons. The predicted molar refractivity (Wildman–Crippen MR) is 83.0 cm³/mol. The number of hydrogen-bond donors (Lipinski definition) is 1. The van der Waals surface area contributed by atoms with Crippen LogP contribution in [0.25, 0.3) is 0 Å². The van der Waals surface area contributed by atoms with Crippen molar-refractivity contribution in [3.63, 3.8) is 0 Å². The van der Waals surface area contributed by atoms with E-state index in [1.54, 1.807) is 0 Å². The van der Waals surface area contributed by atoms with E-state index in [1.165, 1.54) is 0 Å². The number of benzene rings is 1. The van der Waals surface area contributed by atoms with Crippen LogP contribution >= 0.6 is 11.6 Å². The second-order valence-electron chi connectivity index (χ2n) is 6.27. The summed E-state index contributed by atoms with van der Waals surface area (Å²) in [7, 11) is 0. The molecule has 1 fully saturated rings. The Kier molecular flexibility index (Phi) is 4.71. The average Bonchev–Trinajstić information content (AvgIpc) is 2.39. The van der Waals surface area contributed by atoms with Crippen molar-refractivity contribution in [3.8, 4) is 0 Å². The van der Waals surface area contributed by atoms with Gasteiger partial charge in [-0.3, -0.25) is 4.79 Å². The minimum Gasteiger partial charge on any atom is -0.339 e. The van der Waals surface area contributed by atoms with Crippen molar-refractivity contribution in [2.24, 2.45) is 5.92 Å². The second kappa shape index (κ2) is 6.15. The molecule has 3 nitrogen and oxygen atoms in total. The van der Waals surface area contributed by atoms with Gasteiger partial charge in [0.1, 0.15) is 0 Å². The van der Waals surface area contributed by atoms with Gasteiger partial charge in [0.2, 0.25) is 5.91 Å². The van der Waals surface area contributed by atoms with Crippen LogP contribution in [-0.2, 0) is 11.2 Å². The molecule has 1 amide bonds. The third kappa shape index (κ3) is 3.74. The quantitative estimate of drug-likeness (QED) is 0.930. The molecule has 1 N–H and O–H groups in total. The number of halogens is 1. The first-order valence-corrected chi connectivity index (χ1v) is 7.54. The molecule has 2 rings (SSSR count). The van der Waals surface area contributed by atoms with Gasteiger partial charge in [-0.15, -0.1) is 0 Å². The van der Waals surface area contributed by atoms with Crippen molar-refractivity contribution in [2.75, 3.05) is 19.6 Å². The molecule has 1 aliphatic rings. The minimum atomic E-state index is -0.0381. The molecule has 1 aliphatic heterocycles. The molecule has 0 saturated carbocycles. The van der Waals surface area contributed by atoms with E-state index in [0.717, 1.165) is 30.2 Å². The van der Waals surface area contributed by atoms with Gasteiger partial charge in [-0.05, 0) is 31.9 Å². The topological polar surface area (TPSA) is 32.3 Å². The Balaban J connectivity index is 2.00. The molecule has 0 aromatic heterocycles. The summed E-state index contributed by atoms with van der Waals surface area (Å²) >= 11 is 6.17. The number of hydrogen-bond acceptors (Lipinski definition) is 2. The normalized spacial score (nSPS) is 19.7. The van der Waals surface area contributed by atoms with E-state index in [1.807, 2.05) is 36.1 Å². The third-order valence-corrected chi connectivity index (χ3v) is 4.16. The van der Waals surface area contributed by atoms with E-state index in [-0.39, 0.29) is 17.4 Å². The van der Waals surface area contributed by atoms with Crippen LogP contribution in [0.15, 0.2) is 24.3 Å². The van der Waals surface area contributed by atoms with E-state index in [9.17, 15) is 4.79 Å². The van der Waals surface area contributed by atoms with Gasteiger partial charge in [0.25, 0.3) is 0 Å². The monoisotopic (exact) mass is 294 g/mol. The number of carbonyl (C=O) groups is 1. The molecular formula is C16H23ClN2O. The number of piperazine rings is 1. The Bertz CT molecular complexity index is 487. The van der Waals surface area contributed by atoms with Gasteiger partial charge >= 0.3 is 0 Å². The lowest BCUT2D eigenvalue weighted by atomic mass is 9.97. The van der Waals surface area contributed by atoms with Gasteiger partial charge in [0.05, 0.1) is 0 Å². The van der Waals surface area contributed by atoms with E-state index in [4.69, 9.17) is 11.6 Å². The standard InChI is InChI=1S/C16H23ClN2O/c1-12(10-13-6-4-5-7-14(13)17)15(20)19-9-8-18-16(2,3)11-19/h4-7,12,18H,8-11H2,1-3H3. The summed E-state index contributed by atoms with van der Waals surface area (Å²) in [5, 5.41) is 4.17. The number of carbonyl (C=O) groups excluding carboxylic acids is 1. The maximum atomic E-state index is 12.6. The summed E-state index contributed by atoms with van der Waals surface area (Å²) in [6.07, 6.45) is 0.697. The maximum absolute atomic E-state index is 12.6. The van der Waals surface area contributed by atoms with Crippen LogP contribution in [0.2, 0.25) is 5.02 Å². The molecule has 1 saturated heterocycles. The van der Waals surface area contributed by atoms with Gasteiger partial charge in [-0.2, -0.15) is 0 Å². The van der Waals surface area contributed by atoms with E-state index in [2.05, 4.69) is 19.2 Å². The van der Waals surface area contributed by atoms with Gasteiger partial charge in [0.15, 0.2) is 0 Å². The van der Waals surface area contributed by atoms with Crippen LogP contribution in [0.1, 0.15) is 26.3 Å². The van der Waals surface area contributed by atoms with Crippen LogP contribution < -0.4 is 5.32 Å². The lowest BCUT2D eigenvalue weighted by molar-refractivity contribution is -0.137. The Morgan fingerprint density at radius 3 is 2.80 bits per heavy atom. The van der Waals surface area contributed by atoms with Crippen LogP contribution in [0.3, 0.4) is 0 Å². The molecule has 1 atom stereocenters. The summed E-state index contributed by atoms with van der Waals surface area (Å²) in [6, 6.07) is 7.75. The number of nitrogens with zero attached hydrogens (tertiary/aromatic N) is 1. The highest BCUT2D eigenvalue weighted by atomic mass is 35.5. The molecule has 0 bridgehead atoms. The number of nitrogens with one attached hydrogen (secondary N) is 1. The summed E-state index contributed by atoms with van der Waals surface area (Å²) in [5.41, 5.74) is 1.04. The summed E-state index contributed by atoms with van der Waals surface area (Å²) in [6.45, 7) is 8.66. The molecule has 0 spiro atoms. The zero-order chi connectivity index (χ0) is 14.8. The van der Waals surface area contributed by atoms with Gasteiger partial charge in [-0.25, -0.2) is 0 Å². The van der Waals surface area contributed by atoms with Crippen molar-refractivity contribution >= 4 is 17.5 Å². The predicted octanol–water partition coefficient (Wildman–Crippen LogP) is 2.73. The summed E-state index contributed by atoms with van der Waals surface area (Å²) < 4.78 is 0. The molecular weight excluding hydrogens is 272 g/mol. The van der Waals surface area contributed by atoms with Gasteiger partial charge < -0.3 is 10.2 Å². The maximum Gasteiger partial charge on any atom is 0.225 e. The third-order valence-electron chi connectivity index (χ3n) is 3.79. The molecule has 1 aromatic carbocycles. The van der Waals surface area contributed by atoms with Crippen molar-refractivity contribution in [1.29, 1.82) is 0 Å². The molecule has 1 unspecified atom stereocenters. The summed E-state index contributed by atoms with van der Waals surface area (Å²) in [4.78, 5) is 14.5.